The summed E-state index contributed by atoms with van der Waals surface area (Å²) >= 11 is 0. The Morgan fingerprint density at radius 2 is 2.27 bits per heavy atom. The molecule has 60 valence electrons. The Morgan fingerprint density at radius 3 is 2.45 bits per heavy atom. The summed E-state index contributed by atoms with van der Waals surface area (Å²) in [5.74, 6) is -0.494. The van der Waals surface area contributed by atoms with Gasteiger partial charge in [-0.05, 0) is 9.91 Å². The van der Waals surface area contributed by atoms with Crippen LogP contribution in [0.1, 0.15) is 5.82 Å². The number of nitrogens with zero attached hydrogens (tertiary/aromatic N) is 3. The van der Waals surface area contributed by atoms with E-state index in [1.54, 1.807) is 6.92 Å². The van der Waals surface area contributed by atoms with Crippen molar-refractivity contribution in [1.29, 1.82) is 0 Å². The monoisotopic (exact) mass is 157 g/mol. The lowest BCUT2D eigenvalue weighted by molar-refractivity contribution is -0.390. The first-order chi connectivity index (χ1) is 5.04. The van der Waals surface area contributed by atoms with Crippen LogP contribution in [0.4, 0.5) is 5.82 Å². The first kappa shape index (κ1) is 7.52. The first-order valence-electron chi connectivity index (χ1n) is 2.90. The smallest absolute Gasteiger partial charge is 0.426 e. The number of nitro groups is 1. The van der Waals surface area contributed by atoms with E-state index in [2.05, 4.69) is 4.98 Å². The molecule has 6 nitrogen and oxygen atoms in total. The quantitative estimate of drug-likeness (QED) is 0.470. The summed E-state index contributed by atoms with van der Waals surface area (Å²) in [5, 5.41) is 19.2. The number of rotatable bonds is 1. The Morgan fingerprint density at radius 1 is 1.73 bits per heavy atom. The molecule has 11 heavy (non-hydrogen) atoms. The van der Waals surface area contributed by atoms with Crippen LogP contribution >= 0.6 is 0 Å². The number of aromatic nitrogens is 2. The zero-order valence-electron chi connectivity index (χ0n) is 6.11. The standard InChI is InChI=1S/C5H7N3O3/c1-3-6-4(8(10)11)5(9)7(3)2/h9H,1-2H3. The minimum absolute atomic E-state index is 0.410. The van der Waals surface area contributed by atoms with Gasteiger partial charge in [0, 0.05) is 14.0 Å². The molecule has 0 aliphatic rings. The molecular formula is C5H7N3O3. The molecule has 1 aromatic heterocycles. The van der Waals surface area contributed by atoms with Gasteiger partial charge in [0.15, 0.2) is 0 Å². The van der Waals surface area contributed by atoms with Crippen LogP contribution in [-0.2, 0) is 7.05 Å². The molecule has 0 spiro atoms. The summed E-state index contributed by atoms with van der Waals surface area (Å²) in [6.07, 6.45) is 0. The maximum absolute atomic E-state index is 10.2. The predicted octanol–water partition coefficient (Wildman–Crippen LogP) is 0.342. The second-order valence-electron chi connectivity index (χ2n) is 2.12. The van der Waals surface area contributed by atoms with E-state index in [0.717, 1.165) is 0 Å². The minimum Gasteiger partial charge on any atom is -0.488 e. The van der Waals surface area contributed by atoms with Crippen LogP contribution in [0.25, 0.3) is 0 Å². The fourth-order valence-electron chi connectivity index (χ4n) is 0.704. The molecule has 0 atom stereocenters. The van der Waals surface area contributed by atoms with E-state index in [9.17, 15) is 10.1 Å². The predicted molar refractivity (Wildman–Crippen MR) is 36.3 cm³/mol. The third kappa shape index (κ3) is 1.02. The van der Waals surface area contributed by atoms with Gasteiger partial charge < -0.3 is 15.2 Å². The molecule has 0 aromatic carbocycles. The molecule has 0 amide bonds. The van der Waals surface area contributed by atoms with E-state index >= 15 is 0 Å². The lowest BCUT2D eigenvalue weighted by Crippen LogP contribution is -1.89. The third-order valence-electron chi connectivity index (χ3n) is 1.44. The Bertz CT molecular complexity index is 304. The van der Waals surface area contributed by atoms with Crippen molar-refractivity contribution in [1.82, 2.24) is 9.55 Å². The molecular weight excluding hydrogens is 150 g/mol. The summed E-state index contributed by atoms with van der Waals surface area (Å²) in [4.78, 5) is 13.0. The van der Waals surface area contributed by atoms with Crippen LogP contribution in [0.3, 0.4) is 0 Å². The van der Waals surface area contributed by atoms with Gasteiger partial charge in [-0.3, -0.25) is 4.57 Å². The molecule has 0 aliphatic carbocycles. The van der Waals surface area contributed by atoms with E-state index < -0.39 is 16.6 Å². The Labute approximate surface area is 62.2 Å². The van der Waals surface area contributed by atoms with Crippen molar-refractivity contribution < 1.29 is 10.0 Å². The van der Waals surface area contributed by atoms with Crippen LogP contribution in [0, 0.1) is 17.0 Å². The van der Waals surface area contributed by atoms with E-state index in [0.29, 0.717) is 5.82 Å². The van der Waals surface area contributed by atoms with Gasteiger partial charge in [0.25, 0.3) is 5.88 Å². The van der Waals surface area contributed by atoms with Crippen LogP contribution in [0.15, 0.2) is 0 Å². The summed E-state index contributed by atoms with van der Waals surface area (Å²) in [6, 6.07) is 0. The van der Waals surface area contributed by atoms with E-state index in [-0.39, 0.29) is 0 Å². The average Bonchev–Trinajstić information content (AvgIpc) is 2.17. The van der Waals surface area contributed by atoms with Crippen molar-refractivity contribution in [2.75, 3.05) is 0 Å². The lowest BCUT2D eigenvalue weighted by atomic mass is 10.7. The molecule has 1 aromatic rings. The Hall–Kier alpha value is -1.59. The highest BCUT2D eigenvalue weighted by molar-refractivity contribution is 5.34. The molecule has 0 aliphatic heterocycles. The summed E-state index contributed by atoms with van der Waals surface area (Å²) in [7, 11) is 1.50. The number of imidazole rings is 1. The fourth-order valence-corrected chi connectivity index (χ4v) is 0.704. The van der Waals surface area contributed by atoms with E-state index in [1.807, 2.05) is 0 Å². The summed E-state index contributed by atoms with van der Waals surface area (Å²) in [5.41, 5.74) is 0. The first-order valence-corrected chi connectivity index (χ1v) is 2.90. The number of hydrogen-bond donors (Lipinski definition) is 1. The maximum Gasteiger partial charge on any atom is 0.426 e. The highest BCUT2D eigenvalue weighted by Crippen LogP contribution is 2.23. The molecule has 0 saturated heterocycles. The molecule has 0 radical (unpaired) electrons. The Balaban J connectivity index is 3.29. The second kappa shape index (κ2) is 2.22. The van der Waals surface area contributed by atoms with Crippen LogP contribution in [0.2, 0.25) is 0 Å². The number of hydrogen-bond acceptors (Lipinski definition) is 4. The average molecular weight is 157 g/mol. The van der Waals surface area contributed by atoms with Crippen molar-refractivity contribution in [2.45, 2.75) is 6.92 Å². The molecule has 6 heteroatoms. The topological polar surface area (TPSA) is 81.2 Å². The molecule has 1 heterocycles. The van der Waals surface area contributed by atoms with Gasteiger partial charge in [-0.2, -0.15) is 0 Å². The second-order valence-corrected chi connectivity index (χ2v) is 2.12. The van der Waals surface area contributed by atoms with Crippen LogP contribution in [0.5, 0.6) is 5.88 Å². The lowest BCUT2D eigenvalue weighted by Gasteiger charge is -1.91. The zero-order valence-corrected chi connectivity index (χ0v) is 6.11. The van der Waals surface area contributed by atoms with Gasteiger partial charge in [-0.15, -0.1) is 0 Å². The third-order valence-corrected chi connectivity index (χ3v) is 1.44. The van der Waals surface area contributed by atoms with Gasteiger partial charge in [0.05, 0.1) is 0 Å². The van der Waals surface area contributed by atoms with Gasteiger partial charge in [0.2, 0.25) is 5.82 Å². The van der Waals surface area contributed by atoms with Gasteiger partial charge in [-0.25, -0.2) is 0 Å². The zero-order chi connectivity index (χ0) is 8.59. The van der Waals surface area contributed by atoms with Gasteiger partial charge in [0.1, 0.15) is 0 Å². The van der Waals surface area contributed by atoms with Crippen molar-refractivity contribution >= 4 is 5.82 Å². The normalized spacial score (nSPS) is 10.0. The van der Waals surface area contributed by atoms with Gasteiger partial charge in [-0.1, -0.05) is 0 Å². The van der Waals surface area contributed by atoms with Crippen molar-refractivity contribution in [2.24, 2.45) is 7.05 Å². The molecule has 0 saturated carbocycles. The molecule has 0 bridgehead atoms. The number of aryl methyl sites for hydroxylation is 1. The fraction of sp³-hybridized carbons (Fsp3) is 0.400. The SMILES string of the molecule is Cc1nc([N+](=O)[O-])c(O)n1C. The molecule has 0 fully saturated rings. The van der Waals surface area contributed by atoms with E-state index in [4.69, 9.17) is 5.11 Å². The van der Waals surface area contributed by atoms with Crippen LogP contribution < -0.4 is 0 Å². The van der Waals surface area contributed by atoms with Gasteiger partial charge >= 0.3 is 5.82 Å². The Kier molecular flexibility index (Phi) is 1.52. The largest absolute Gasteiger partial charge is 0.488 e. The summed E-state index contributed by atoms with van der Waals surface area (Å²) < 4.78 is 1.25. The highest BCUT2D eigenvalue weighted by Gasteiger charge is 2.22. The summed E-state index contributed by atoms with van der Waals surface area (Å²) in [6.45, 7) is 1.58. The molecule has 1 rings (SSSR count). The molecule has 1 N–H and O–H groups in total. The van der Waals surface area contributed by atoms with Crippen molar-refractivity contribution in [3.63, 3.8) is 0 Å². The highest BCUT2D eigenvalue weighted by atomic mass is 16.6. The maximum atomic E-state index is 10.2. The minimum atomic E-state index is -0.720. The molecule has 0 unspecified atom stereocenters. The van der Waals surface area contributed by atoms with Crippen molar-refractivity contribution in [3.05, 3.63) is 15.9 Å². The van der Waals surface area contributed by atoms with E-state index in [1.165, 1.54) is 11.6 Å². The number of aromatic hydroxyl groups is 1. The van der Waals surface area contributed by atoms with Crippen molar-refractivity contribution in [3.8, 4) is 5.88 Å². The van der Waals surface area contributed by atoms with Crippen LogP contribution in [-0.4, -0.2) is 19.6 Å².